The van der Waals surface area contributed by atoms with Crippen LogP contribution in [0, 0.1) is 0 Å². The molecule has 0 aromatic rings. The van der Waals surface area contributed by atoms with Crippen LogP contribution in [0.25, 0.3) is 0 Å². The van der Waals surface area contributed by atoms with Crippen molar-refractivity contribution in [2.45, 2.75) is 77.7 Å². The van der Waals surface area contributed by atoms with Crippen molar-refractivity contribution in [3.05, 3.63) is 12.2 Å². The Morgan fingerprint density at radius 2 is 1.79 bits per heavy atom. The minimum absolute atomic E-state index is 0.0347. The Hall–Kier alpha value is -1.18. The molecular weight excluding hydrogens is 328 g/mol. The Labute approximate surface area is 145 Å². The molecule has 0 bridgehead atoms. The van der Waals surface area contributed by atoms with Gasteiger partial charge in [-0.25, -0.2) is 4.79 Å². The van der Waals surface area contributed by atoms with Crippen LogP contribution in [-0.4, -0.2) is 44.9 Å². The third kappa shape index (κ3) is 6.37. The van der Waals surface area contributed by atoms with E-state index in [-0.39, 0.29) is 17.4 Å². The molecule has 0 saturated carbocycles. The molecule has 0 N–H and O–H groups in total. The smallest absolute Gasteiger partial charge is 0.428 e. The molecule has 0 aliphatic carbocycles. The number of carbonyl (C=O) groups is 2. The van der Waals surface area contributed by atoms with E-state index in [9.17, 15) is 9.59 Å². The van der Waals surface area contributed by atoms with Crippen LogP contribution in [0.3, 0.4) is 0 Å². The van der Waals surface area contributed by atoms with Crippen LogP contribution in [0.15, 0.2) is 12.2 Å². The molecule has 1 aliphatic rings. The monoisotopic (exact) mass is 358 g/mol. The third-order valence-corrected chi connectivity index (χ3v) is 8.54. The zero-order chi connectivity index (χ0) is 18.8. The molecule has 0 unspecified atom stereocenters. The Bertz CT molecular complexity index is 498. The van der Waals surface area contributed by atoms with Gasteiger partial charge in [0.2, 0.25) is 6.29 Å². The van der Waals surface area contributed by atoms with Crippen LogP contribution in [0.5, 0.6) is 0 Å². The van der Waals surface area contributed by atoms with Crippen molar-refractivity contribution in [2.75, 3.05) is 6.61 Å². The summed E-state index contributed by atoms with van der Waals surface area (Å²) in [7, 11) is -1.99. The summed E-state index contributed by atoms with van der Waals surface area (Å²) in [5.41, 5.74) is -0.657. The molecule has 0 aromatic heterocycles. The van der Waals surface area contributed by atoms with Crippen molar-refractivity contribution in [1.82, 2.24) is 0 Å². The van der Waals surface area contributed by atoms with Crippen molar-refractivity contribution < 1.29 is 28.2 Å². The predicted octanol–water partition coefficient (Wildman–Crippen LogP) is 3.81. The lowest BCUT2D eigenvalue weighted by molar-refractivity contribution is -0.161. The van der Waals surface area contributed by atoms with E-state index in [1.165, 1.54) is 12.2 Å². The minimum atomic E-state index is -1.99. The van der Waals surface area contributed by atoms with E-state index in [4.69, 9.17) is 18.6 Å². The molecule has 1 rings (SSSR count). The Morgan fingerprint density at radius 3 is 2.29 bits per heavy atom. The van der Waals surface area contributed by atoms with Crippen molar-refractivity contribution in [1.29, 1.82) is 0 Å². The van der Waals surface area contributed by atoms with Gasteiger partial charge in [0.25, 0.3) is 0 Å². The second kappa shape index (κ2) is 7.37. The van der Waals surface area contributed by atoms with Gasteiger partial charge in [-0.3, -0.25) is 4.79 Å². The van der Waals surface area contributed by atoms with Crippen LogP contribution in [0.4, 0.5) is 4.79 Å². The fraction of sp³-hybridized carbons (Fsp3) is 0.765. The normalized spacial score (nSPS) is 22.4. The first-order valence-electron chi connectivity index (χ1n) is 8.12. The Balaban J connectivity index is 2.61. The number of hydrogen-bond acceptors (Lipinski definition) is 6. The topological polar surface area (TPSA) is 71.1 Å². The molecule has 2 atom stereocenters. The number of hydrogen-bond donors (Lipinski definition) is 0. The zero-order valence-electron chi connectivity index (χ0n) is 16.0. The molecule has 138 valence electrons. The molecule has 0 aromatic carbocycles. The van der Waals surface area contributed by atoms with Gasteiger partial charge >= 0.3 is 6.16 Å². The highest BCUT2D eigenvalue weighted by molar-refractivity contribution is 6.74. The maximum atomic E-state index is 12.0. The van der Waals surface area contributed by atoms with Gasteiger partial charge in [-0.05, 0) is 51.1 Å². The fourth-order valence-corrected chi connectivity index (χ4v) is 2.61. The van der Waals surface area contributed by atoms with Gasteiger partial charge in [-0.15, -0.1) is 0 Å². The lowest BCUT2D eigenvalue weighted by atomic mass is 10.2. The van der Waals surface area contributed by atoms with Gasteiger partial charge in [0.1, 0.15) is 11.7 Å². The quantitative estimate of drug-likeness (QED) is 0.562. The van der Waals surface area contributed by atoms with Crippen molar-refractivity contribution in [2.24, 2.45) is 0 Å². The molecule has 0 radical (unpaired) electrons. The molecular formula is C17H30O6Si. The number of ketones is 1. The number of rotatable bonds is 4. The second-order valence-electron chi connectivity index (χ2n) is 8.41. The fourth-order valence-electron chi connectivity index (χ4n) is 1.61. The SMILES string of the molecule is CC(C)(C)OC(=O)O[C@@H]1C=CC(=O)[C@H](CO[Si](C)(C)C(C)(C)C)O1. The summed E-state index contributed by atoms with van der Waals surface area (Å²) in [6.45, 7) is 15.9. The van der Waals surface area contributed by atoms with E-state index in [1.54, 1.807) is 20.8 Å². The molecule has 0 spiro atoms. The summed E-state index contributed by atoms with van der Waals surface area (Å²) in [6, 6.07) is 0. The van der Waals surface area contributed by atoms with E-state index >= 15 is 0 Å². The first-order chi connectivity index (χ1) is 10.7. The first-order valence-corrected chi connectivity index (χ1v) is 11.0. The summed E-state index contributed by atoms with van der Waals surface area (Å²) in [4.78, 5) is 23.7. The average Bonchev–Trinajstić information content (AvgIpc) is 2.35. The van der Waals surface area contributed by atoms with Crippen LogP contribution < -0.4 is 0 Å². The van der Waals surface area contributed by atoms with Crippen LogP contribution in [-0.2, 0) is 23.4 Å². The van der Waals surface area contributed by atoms with Gasteiger partial charge in [-0.1, -0.05) is 20.8 Å². The molecule has 1 aliphatic heterocycles. The summed E-state index contributed by atoms with van der Waals surface area (Å²) in [6.07, 6.45) is 0.186. The van der Waals surface area contributed by atoms with E-state index < -0.39 is 32.5 Å². The summed E-state index contributed by atoms with van der Waals surface area (Å²) >= 11 is 0. The van der Waals surface area contributed by atoms with Gasteiger partial charge in [0.15, 0.2) is 14.1 Å². The van der Waals surface area contributed by atoms with E-state index in [0.717, 1.165) is 0 Å². The molecule has 0 saturated heterocycles. The van der Waals surface area contributed by atoms with Gasteiger partial charge in [0, 0.05) is 0 Å². The highest BCUT2D eigenvalue weighted by Gasteiger charge is 2.39. The molecule has 1 heterocycles. The number of ether oxygens (including phenoxy) is 3. The largest absolute Gasteiger partial charge is 0.511 e. The Morgan fingerprint density at radius 1 is 1.21 bits per heavy atom. The van der Waals surface area contributed by atoms with Crippen molar-refractivity contribution >= 4 is 20.3 Å². The van der Waals surface area contributed by atoms with E-state index in [2.05, 4.69) is 33.9 Å². The standard InChI is InChI=1S/C17H30O6Si/c1-16(2,3)23-15(19)22-14-10-9-12(18)13(21-14)11-20-24(7,8)17(4,5)6/h9-10,13-14H,11H2,1-8H3/t13-,14+/m0/s1. The summed E-state index contributed by atoms with van der Waals surface area (Å²) in [5, 5.41) is 0.0347. The first kappa shape index (κ1) is 20.9. The van der Waals surface area contributed by atoms with Crippen LogP contribution >= 0.6 is 0 Å². The van der Waals surface area contributed by atoms with Crippen LogP contribution in [0.1, 0.15) is 41.5 Å². The minimum Gasteiger partial charge on any atom is -0.428 e. The van der Waals surface area contributed by atoms with Gasteiger partial charge < -0.3 is 18.6 Å². The lowest BCUT2D eigenvalue weighted by Gasteiger charge is -2.37. The molecule has 6 nitrogen and oxygen atoms in total. The van der Waals surface area contributed by atoms with E-state index in [0.29, 0.717) is 0 Å². The van der Waals surface area contributed by atoms with Crippen molar-refractivity contribution in [3.63, 3.8) is 0 Å². The average molecular weight is 359 g/mol. The molecule has 24 heavy (non-hydrogen) atoms. The van der Waals surface area contributed by atoms with Crippen molar-refractivity contribution in [3.8, 4) is 0 Å². The second-order valence-corrected chi connectivity index (χ2v) is 13.2. The molecule has 0 fully saturated rings. The summed E-state index contributed by atoms with van der Waals surface area (Å²) < 4.78 is 21.7. The Kier molecular flexibility index (Phi) is 6.41. The lowest BCUT2D eigenvalue weighted by Crippen LogP contribution is -2.45. The van der Waals surface area contributed by atoms with Gasteiger partial charge in [0.05, 0.1) is 6.61 Å². The highest BCUT2D eigenvalue weighted by Crippen LogP contribution is 2.36. The predicted molar refractivity (Wildman–Crippen MR) is 93.3 cm³/mol. The molecule has 7 heteroatoms. The maximum Gasteiger partial charge on any atom is 0.511 e. The maximum absolute atomic E-state index is 12.0. The zero-order valence-corrected chi connectivity index (χ0v) is 17.0. The number of carbonyl (C=O) groups excluding carboxylic acids is 2. The van der Waals surface area contributed by atoms with Gasteiger partial charge in [-0.2, -0.15) is 0 Å². The summed E-state index contributed by atoms with van der Waals surface area (Å²) in [5.74, 6) is -0.197. The third-order valence-electron chi connectivity index (χ3n) is 4.04. The van der Waals surface area contributed by atoms with E-state index in [1.807, 2.05) is 0 Å². The van der Waals surface area contributed by atoms with Crippen LogP contribution in [0.2, 0.25) is 18.1 Å². The highest BCUT2D eigenvalue weighted by atomic mass is 28.4. The molecule has 0 amide bonds.